The second kappa shape index (κ2) is 13.1. The number of allylic oxidation sites excluding steroid dienone is 3. The summed E-state index contributed by atoms with van der Waals surface area (Å²) in [6, 6.07) is 0. The van der Waals surface area contributed by atoms with Gasteiger partial charge in [0.1, 0.15) is 0 Å². The number of carbonyl (C=O) groups is 2. The summed E-state index contributed by atoms with van der Waals surface area (Å²) in [4.78, 5) is 20.9. The van der Waals surface area contributed by atoms with E-state index in [0.29, 0.717) is 12.9 Å². The number of hydrogen-bond donors (Lipinski definition) is 1. The molecular formula is C16H24O5. The van der Waals surface area contributed by atoms with E-state index in [0.717, 1.165) is 19.3 Å². The van der Waals surface area contributed by atoms with Gasteiger partial charge >= 0.3 is 5.97 Å². The molecule has 0 aliphatic carbocycles. The first kappa shape index (κ1) is 19.1. The topological polar surface area (TPSA) is 72.8 Å². The van der Waals surface area contributed by atoms with Crippen LogP contribution in [-0.2, 0) is 19.1 Å². The van der Waals surface area contributed by atoms with Gasteiger partial charge in [-0.2, -0.15) is 0 Å². The summed E-state index contributed by atoms with van der Waals surface area (Å²) in [6.07, 6.45) is 12.4. The maximum Gasteiger partial charge on any atom is 0.330 e. The molecule has 2 atom stereocenters. The second-order valence-electron chi connectivity index (χ2n) is 4.52. The minimum atomic E-state index is -0.583. The summed E-state index contributed by atoms with van der Waals surface area (Å²) in [5.74, 6) is -0.429. The molecule has 0 bridgehead atoms. The predicted octanol–water partition coefficient (Wildman–Crippen LogP) is 2.31. The molecule has 118 valence electrons. The van der Waals surface area contributed by atoms with Crippen molar-refractivity contribution in [3.63, 3.8) is 0 Å². The number of aliphatic hydroxyl groups is 1. The van der Waals surface area contributed by atoms with Crippen LogP contribution in [-0.4, -0.2) is 36.9 Å². The van der Waals surface area contributed by atoms with Gasteiger partial charge in [-0.3, -0.25) is 4.79 Å². The smallest absolute Gasteiger partial charge is 0.330 e. The number of carbonyl (C=O) groups excluding carboxylic acids is 2. The summed E-state index contributed by atoms with van der Waals surface area (Å²) in [5.41, 5.74) is 0. The fourth-order valence-electron chi connectivity index (χ4n) is 1.51. The number of aliphatic hydroxyl groups excluding tert-OH is 1. The van der Waals surface area contributed by atoms with E-state index >= 15 is 0 Å². The summed E-state index contributed by atoms with van der Waals surface area (Å²) < 4.78 is 9.20. The minimum Gasteiger partial charge on any atom is -0.466 e. The van der Waals surface area contributed by atoms with E-state index in [1.807, 2.05) is 19.1 Å². The highest BCUT2D eigenvalue weighted by atomic mass is 16.5. The zero-order valence-corrected chi connectivity index (χ0v) is 12.6. The molecule has 0 aromatic heterocycles. The zero-order chi connectivity index (χ0) is 15.9. The Kier molecular flexibility index (Phi) is 11.9. The van der Waals surface area contributed by atoms with Crippen molar-refractivity contribution in [2.45, 2.75) is 44.8 Å². The second-order valence-corrected chi connectivity index (χ2v) is 4.52. The number of esters is 1. The molecule has 0 heterocycles. The number of ether oxygens (including phenoxy) is 2. The molecular weight excluding hydrogens is 272 g/mol. The van der Waals surface area contributed by atoms with E-state index in [-0.39, 0.29) is 6.10 Å². The van der Waals surface area contributed by atoms with Gasteiger partial charge in [0, 0.05) is 6.08 Å². The molecule has 0 fully saturated rings. The Morgan fingerprint density at radius 1 is 1.29 bits per heavy atom. The molecule has 0 saturated carbocycles. The van der Waals surface area contributed by atoms with Crippen LogP contribution in [0.1, 0.15) is 32.6 Å². The van der Waals surface area contributed by atoms with Crippen LogP contribution in [0.5, 0.6) is 0 Å². The average molecular weight is 296 g/mol. The highest BCUT2D eigenvalue weighted by molar-refractivity contribution is 5.82. The van der Waals surface area contributed by atoms with Gasteiger partial charge in [-0.1, -0.05) is 30.4 Å². The molecule has 0 radical (unpaired) electrons. The summed E-state index contributed by atoms with van der Waals surface area (Å²) in [5, 5.41) is 9.64. The molecule has 0 spiro atoms. The Bertz CT molecular complexity index is 371. The van der Waals surface area contributed by atoms with Crippen LogP contribution in [0, 0.1) is 0 Å². The molecule has 5 heteroatoms. The van der Waals surface area contributed by atoms with Gasteiger partial charge in [-0.05, 0) is 32.6 Å². The van der Waals surface area contributed by atoms with E-state index in [1.54, 1.807) is 12.2 Å². The Morgan fingerprint density at radius 2 is 2.05 bits per heavy atom. The molecule has 1 N–H and O–H groups in total. The van der Waals surface area contributed by atoms with Crippen molar-refractivity contribution in [3.05, 3.63) is 36.5 Å². The summed E-state index contributed by atoms with van der Waals surface area (Å²) in [6.45, 7) is 2.33. The van der Waals surface area contributed by atoms with Crippen LogP contribution >= 0.6 is 0 Å². The first-order valence-corrected chi connectivity index (χ1v) is 6.95. The van der Waals surface area contributed by atoms with E-state index in [2.05, 4.69) is 4.74 Å². The zero-order valence-electron chi connectivity index (χ0n) is 12.6. The molecule has 0 unspecified atom stereocenters. The van der Waals surface area contributed by atoms with Crippen molar-refractivity contribution < 1.29 is 24.2 Å². The van der Waals surface area contributed by atoms with Gasteiger partial charge in [-0.15, -0.1) is 0 Å². The van der Waals surface area contributed by atoms with Crippen molar-refractivity contribution in [1.82, 2.24) is 0 Å². The number of rotatable bonds is 11. The van der Waals surface area contributed by atoms with Gasteiger partial charge in [0.2, 0.25) is 0 Å². The Labute approximate surface area is 125 Å². The van der Waals surface area contributed by atoms with Gasteiger partial charge < -0.3 is 14.6 Å². The van der Waals surface area contributed by atoms with Crippen LogP contribution in [0.25, 0.3) is 0 Å². The fraction of sp³-hybridized carbons (Fsp3) is 0.500. The first-order chi connectivity index (χ1) is 10.1. The monoisotopic (exact) mass is 296 g/mol. The largest absolute Gasteiger partial charge is 0.466 e. The lowest BCUT2D eigenvalue weighted by Crippen LogP contribution is -2.05. The normalized spacial score (nSPS) is 14.6. The molecule has 0 aliphatic heterocycles. The van der Waals surface area contributed by atoms with E-state index in [4.69, 9.17) is 4.74 Å². The average Bonchev–Trinajstić information content (AvgIpc) is 2.47. The fourth-order valence-corrected chi connectivity index (χ4v) is 1.51. The van der Waals surface area contributed by atoms with Crippen LogP contribution in [0.3, 0.4) is 0 Å². The van der Waals surface area contributed by atoms with Gasteiger partial charge in [0.15, 0.2) is 0 Å². The maximum absolute atomic E-state index is 10.8. The number of unbranched alkanes of at least 4 members (excludes halogenated alkanes) is 1. The van der Waals surface area contributed by atoms with E-state index in [1.165, 1.54) is 19.3 Å². The third-order valence-corrected chi connectivity index (χ3v) is 2.69. The number of methoxy groups -OCH3 is 1. The molecule has 21 heavy (non-hydrogen) atoms. The first-order valence-electron chi connectivity index (χ1n) is 6.95. The highest BCUT2D eigenvalue weighted by Gasteiger charge is 1.99. The Morgan fingerprint density at radius 3 is 2.71 bits per heavy atom. The minimum absolute atomic E-state index is 0.0500. The van der Waals surface area contributed by atoms with Crippen molar-refractivity contribution >= 4 is 12.4 Å². The molecule has 0 aliphatic rings. The van der Waals surface area contributed by atoms with E-state index in [9.17, 15) is 14.7 Å². The molecule has 0 aromatic carbocycles. The standard InChI is InChI=1S/C16H24O5/c1-14(21-13-17)9-5-3-4-6-10-15(18)11-7-8-12-16(19)20-2/h4,6-8,11-15,18H,3,5,9-10H2,1-2H3/b6-4+,11-7+,12-8+/t14-,15+/m1/s1. The quantitative estimate of drug-likeness (QED) is 0.158. The third-order valence-electron chi connectivity index (χ3n) is 2.69. The van der Waals surface area contributed by atoms with Crippen molar-refractivity contribution in [1.29, 1.82) is 0 Å². The SMILES string of the molecule is COC(=O)/C=C/C=C/[C@@H](O)C/C=C/CCC[C@@H](C)OC=O. The molecule has 0 aromatic rings. The van der Waals surface area contributed by atoms with Crippen LogP contribution in [0.2, 0.25) is 0 Å². The molecule has 0 amide bonds. The van der Waals surface area contributed by atoms with Crippen LogP contribution in [0.4, 0.5) is 0 Å². The summed E-state index contributed by atoms with van der Waals surface area (Å²) in [7, 11) is 1.31. The third kappa shape index (κ3) is 12.9. The lowest BCUT2D eigenvalue weighted by molar-refractivity contribution is -0.135. The van der Waals surface area contributed by atoms with Crippen molar-refractivity contribution in [3.8, 4) is 0 Å². The van der Waals surface area contributed by atoms with Crippen molar-refractivity contribution in [2.75, 3.05) is 7.11 Å². The molecule has 5 nitrogen and oxygen atoms in total. The Hall–Kier alpha value is -1.88. The van der Waals surface area contributed by atoms with Crippen LogP contribution in [0.15, 0.2) is 36.5 Å². The van der Waals surface area contributed by atoms with Crippen molar-refractivity contribution in [2.24, 2.45) is 0 Å². The highest BCUT2D eigenvalue weighted by Crippen LogP contribution is 2.05. The van der Waals surface area contributed by atoms with Gasteiger partial charge in [0.25, 0.3) is 6.47 Å². The number of hydrogen-bond acceptors (Lipinski definition) is 5. The van der Waals surface area contributed by atoms with Gasteiger partial charge in [0.05, 0.1) is 19.3 Å². The van der Waals surface area contributed by atoms with Crippen LogP contribution < -0.4 is 0 Å². The predicted molar refractivity (Wildman–Crippen MR) is 80.5 cm³/mol. The summed E-state index contributed by atoms with van der Waals surface area (Å²) >= 11 is 0. The van der Waals surface area contributed by atoms with E-state index < -0.39 is 12.1 Å². The molecule has 0 rings (SSSR count). The lowest BCUT2D eigenvalue weighted by atomic mass is 10.1. The maximum atomic E-state index is 10.8. The van der Waals surface area contributed by atoms with Gasteiger partial charge in [-0.25, -0.2) is 4.79 Å². The Balaban J connectivity index is 3.72. The molecule has 0 saturated heterocycles. The lowest BCUT2D eigenvalue weighted by Gasteiger charge is -2.07.